The van der Waals surface area contributed by atoms with E-state index in [1.54, 1.807) is 17.0 Å². The van der Waals surface area contributed by atoms with Crippen molar-refractivity contribution in [3.63, 3.8) is 0 Å². The molecule has 0 bridgehead atoms. The summed E-state index contributed by atoms with van der Waals surface area (Å²) in [6.45, 7) is 2.52. The highest BCUT2D eigenvalue weighted by Gasteiger charge is 2.38. The molecule has 2 heterocycles. The van der Waals surface area contributed by atoms with Crippen LogP contribution >= 0.6 is 0 Å². The molecule has 8 nitrogen and oxygen atoms in total. The number of nitro benzene ring substituents is 1. The Hall–Kier alpha value is -2.94. The quantitative estimate of drug-likeness (QED) is 0.641. The van der Waals surface area contributed by atoms with Gasteiger partial charge >= 0.3 is 0 Å². The fraction of sp³-hybridized carbons (Fsp3) is 0.278. The molecular weight excluding hydrogens is 370 g/mol. The first-order valence-corrected chi connectivity index (χ1v) is 10.0. The van der Waals surface area contributed by atoms with Crippen LogP contribution < -0.4 is 9.62 Å². The number of hydrogen-bond donors (Lipinski definition) is 1. The van der Waals surface area contributed by atoms with Crippen LogP contribution in [0.25, 0.3) is 0 Å². The lowest BCUT2D eigenvalue weighted by molar-refractivity contribution is -0.384. The van der Waals surface area contributed by atoms with Crippen LogP contribution in [0, 0.1) is 10.1 Å². The summed E-state index contributed by atoms with van der Waals surface area (Å²) in [4.78, 5) is 24.3. The number of anilines is 2. The maximum atomic E-state index is 12.6. The van der Waals surface area contributed by atoms with Gasteiger partial charge in [0, 0.05) is 24.4 Å². The van der Waals surface area contributed by atoms with E-state index in [4.69, 9.17) is 0 Å². The Labute approximate surface area is 156 Å². The van der Waals surface area contributed by atoms with Crippen molar-refractivity contribution in [2.45, 2.75) is 30.6 Å². The monoisotopic (exact) mass is 387 g/mol. The zero-order valence-electron chi connectivity index (χ0n) is 14.5. The third-order valence-electron chi connectivity index (χ3n) is 5.03. The van der Waals surface area contributed by atoms with Crippen molar-refractivity contribution < 1.29 is 18.1 Å². The summed E-state index contributed by atoms with van der Waals surface area (Å²) in [6.07, 6.45) is 1.62. The van der Waals surface area contributed by atoms with E-state index in [-0.39, 0.29) is 22.4 Å². The van der Waals surface area contributed by atoms with E-state index >= 15 is 0 Å². The number of carbonyl (C=O) groups is 1. The number of sulfonamides is 1. The predicted molar refractivity (Wildman–Crippen MR) is 99.4 cm³/mol. The lowest BCUT2D eigenvalue weighted by atomic mass is 9.96. The normalized spacial score (nSPS) is 18.3. The summed E-state index contributed by atoms with van der Waals surface area (Å²) in [5.41, 5.74) is 2.92. The van der Waals surface area contributed by atoms with Gasteiger partial charge in [-0.3, -0.25) is 19.6 Å². The van der Waals surface area contributed by atoms with Gasteiger partial charge < -0.3 is 4.90 Å². The number of aryl methyl sites for hydroxylation is 1. The number of non-ortho nitro benzene ring substituents is 1. The molecule has 1 amide bonds. The van der Waals surface area contributed by atoms with Crippen LogP contribution in [0.5, 0.6) is 0 Å². The summed E-state index contributed by atoms with van der Waals surface area (Å²) in [5.74, 6) is -0.262. The highest BCUT2D eigenvalue weighted by atomic mass is 32.2. The van der Waals surface area contributed by atoms with E-state index in [1.807, 2.05) is 6.92 Å². The molecule has 0 aromatic heterocycles. The Morgan fingerprint density at radius 1 is 1.22 bits per heavy atom. The second kappa shape index (κ2) is 6.05. The number of benzene rings is 2. The third-order valence-corrected chi connectivity index (χ3v) is 6.43. The highest BCUT2D eigenvalue weighted by molar-refractivity contribution is 7.92. The molecule has 2 aliphatic rings. The molecule has 0 saturated heterocycles. The Bertz CT molecular complexity index is 1060. The molecule has 1 atom stereocenters. The first-order valence-electron chi connectivity index (χ1n) is 8.53. The van der Waals surface area contributed by atoms with Crippen LogP contribution in [0.4, 0.5) is 17.1 Å². The summed E-state index contributed by atoms with van der Waals surface area (Å²) in [7, 11) is -3.90. The molecule has 9 heteroatoms. The van der Waals surface area contributed by atoms with Gasteiger partial charge in [-0.05, 0) is 55.2 Å². The first-order chi connectivity index (χ1) is 12.8. The molecule has 2 aromatic rings. The van der Waals surface area contributed by atoms with Gasteiger partial charge in [-0.2, -0.15) is 0 Å². The Morgan fingerprint density at radius 3 is 2.59 bits per heavy atom. The van der Waals surface area contributed by atoms with Crippen molar-refractivity contribution in [2.75, 3.05) is 16.2 Å². The zero-order chi connectivity index (χ0) is 19.3. The topological polar surface area (TPSA) is 110 Å². The fourth-order valence-electron chi connectivity index (χ4n) is 3.72. The van der Waals surface area contributed by atoms with Gasteiger partial charge in [0.05, 0.1) is 21.4 Å². The maximum Gasteiger partial charge on any atom is 0.269 e. The molecule has 2 aromatic carbocycles. The average Bonchev–Trinajstić information content (AvgIpc) is 2.88. The van der Waals surface area contributed by atoms with Gasteiger partial charge in [0.15, 0.2) is 0 Å². The van der Waals surface area contributed by atoms with Crippen molar-refractivity contribution in [1.82, 2.24) is 0 Å². The van der Waals surface area contributed by atoms with Crippen molar-refractivity contribution in [1.29, 1.82) is 0 Å². The summed E-state index contributed by atoms with van der Waals surface area (Å²) in [6, 6.07) is 8.17. The molecular formula is C18H17N3O5S. The van der Waals surface area contributed by atoms with E-state index in [1.165, 1.54) is 12.1 Å². The Balaban J connectivity index is 1.69. The SMILES string of the molecule is C[C@H]1C(=O)N2CCCc3cc(NS(=O)(=O)c4ccc([N+](=O)[O-])cc4)cc1c32. The molecule has 1 N–H and O–H groups in total. The van der Waals surface area contributed by atoms with Gasteiger partial charge in [0.25, 0.3) is 15.7 Å². The highest BCUT2D eigenvalue weighted by Crippen LogP contribution is 2.44. The average molecular weight is 387 g/mol. The zero-order valence-corrected chi connectivity index (χ0v) is 15.3. The molecule has 0 spiro atoms. The van der Waals surface area contributed by atoms with Crippen LogP contribution in [0.3, 0.4) is 0 Å². The predicted octanol–water partition coefficient (Wildman–Crippen LogP) is 2.79. The molecule has 27 heavy (non-hydrogen) atoms. The van der Waals surface area contributed by atoms with Gasteiger partial charge in [-0.25, -0.2) is 8.42 Å². The number of amides is 1. The lowest BCUT2D eigenvalue weighted by Crippen LogP contribution is -2.32. The van der Waals surface area contributed by atoms with Crippen LogP contribution in [0.1, 0.15) is 30.4 Å². The van der Waals surface area contributed by atoms with Crippen LogP contribution in [0.15, 0.2) is 41.3 Å². The second-order valence-corrected chi connectivity index (χ2v) is 8.43. The van der Waals surface area contributed by atoms with Crippen LogP contribution in [-0.4, -0.2) is 25.8 Å². The number of nitrogens with zero attached hydrogens (tertiary/aromatic N) is 2. The summed E-state index contributed by atoms with van der Waals surface area (Å²) >= 11 is 0. The molecule has 0 radical (unpaired) electrons. The van der Waals surface area contributed by atoms with Crippen molar-refractivity contribution in [3.05, 3.63) is 57.6 Å². The molecule has 0 unspecified atom stereocenters. The summed E-state index contributed by atoms with van der Waals surface area (Å²) < 4.78 is 27.8. The number of hydrogen-bond acceptors (Lipinski definition) is 5. The number of nitrogens with one attached hydrogen (secondary N) is 1. The van der Waals surface area contributed by atoms with Crippen LogP contribution in [-0.2, 0) is 21.2 Å². The van der Waals surface area contributed by atoms with Crippen LogP contribution in [0.2, 0.25) is 0 Å². The minimum Gasteiger partial charge on any atom is -0.311 e. The maximum absolute atomic E-state index is 12.6. The molecule has 0 aliphatic carbocycles. The third kappa shape index (κ3) is 2.84. The second-order valence-electron chi connectivity index (χ2n) is 6.74. The summed E-state index contributed by atoms with van der Waals surface area (Å²) in [5, 5.41) is 10.7. The standard InChI is InChI=1S/C18H17N3O5S/c1-11-16-10-13(9-12-3-2-8-20(17(12)16)18(11)22)19-27(25,26)15-6-4-14(5-7-15)21(23)24/h4-7,9-11,19H,2-3,8H2,1H3/t11-/m1/s1. The minimum absolute atomic E-state index is 0.0429. The smallest absolute Gasteiger partial charge is 0.269 e. The van der Waals surface area contributed by atoms with Crippen molar-refractivity contribution in [2.24, 2.45) is 0 Å². The Kier molecular flexibility index (Phi) is 3.92. The number of nitro groups is 1. The van der Waals surface area contributed by atoms with Gasteiger partial charge in [-0.15, -0.1) is 0 Å². The van der Waals surface area contributed by atoms with Crippen molar-refractivity contribution >= 4 is 33.0 Å². The van der Waals surface area contributed by atoms with Gasteiger partial charge in [-0.1, -0.05) is 0 Å². The Morgan fingerprint density at radius 2 is 1.93 bits per heavy atom. The number of carbonyl (C=O) groups excluding carboxylic acids is 1. The van der Waals surface area contributed by atoms with E-state index in [0.717, 1.165) is 41.8 Å². The molecule has 2 aliphatic heterocycles. The molecule has 0 saturated carbocycles. The minimum atomic E-state index is -3.90. The molecule has 140 valence electrons. The lowest BCUT2D eigenvalue weighted by Gasteiger charge is -2.26. The van der Waals surface area contributed by atoms with Gasteiger partial charge in [0.2, 0.25) is 5.91 Å². The molecule has 4 rings (SSSR count). The van der Waals surface area contributed by atoms with Crippen molar-refractivity contribution in [3.8, 4) is 0 Å². The molecule has 0 fully saturated rings. The fourth-order valence-corrected chi connectivity index (χ4v) is 4.76. The van der Waals surface area contributed by atoms with E-state index in [2.05, 4.69) is 4.72 Å². The largest absolute Gasteiger partial charge is 0.311 e. The van der Waals surface area contributed by atoms with E-state index < -0.39 is 14.9 Å². The first kappa shape index (κ1) is 17.5. The van der Waals surface area contributed by atoms with E-state index in [0.29, 0.717) is 12.2 Å². The van der Waals surface area contributed by atoms with Gasteiger partial charge in [0.1, 0.15) is 0 Å². The van der Waals surface area contributed by atoms with E-state index in [9.17, 15) is 23.3 Å². The number of rotatable bonds is 4.